The first kappa shape index (κ1) is 22.2. The Bertz CT molecular complexity index is 1130. The molecule has 1 N–H and O–H groups in total. The third-order valence-corrected chi connectivity index (χ3v) is 5.82. The van der Waals surface area contributed by atoms with Crippen molar-refractivity contribution in [2.75, 3.05) is 6.61 Å². The van der Waals surface area contributed by atoms with Gasteiger partial charge < -0.3 is 14.8 Å². The van der Waals surface area contributed by atoms with E-state index in [2.05, 4.69) is 15.3 Å². The molecule has 1 saturated carbocycles. The summed E-state index contributed by atoms with van der Waals surface area (Å²) in [7, 11) is 0. The van der Waals surface area contributed by atoms with E-state index < -0.39 is 5.95 Å². The van der Waals surface area contributed by atoms with Crippen molar-refractivity contribution in [1.82, 2.24) is 15.3 Å². The van der Waals surface area contributed by atoms with Gasteiger partial charge in [0.15, 0.2) is 0 Å². The number of nitrogens with zero attached hydrogens (tertiary/aromatic N) is 2. The van der Waals surface area contributed by atoms with Gasteiger partial charge in [-0.25, -0.2) is 9.97 Å². The second kappa shape index (κ2) is 10.1. The monoisotopic (exact) mass is 473 g/mol. The van der Waals surface area contributed by atoms with Gasteiger partial charge in [0, 0.05) is 36.1 Å². The SMILES string of the molecule is C[C@@H](/C=C/c1cnc(Oc2ccc(OCC3CC3)cc2Cl)s1)NC(=O)c1ccnc(F)c1. The highest BCUT2D eigenvalue weighted by atomic mass is 35.5. The molecule has 0 aliphatic heterocycles. The predicted molar refractivity (Wildman–Crippen MR) is 122 cm³/mol. The number of nitrogens with one attached hydrogen (secondary N) is 1. The second-order valence-electron chi connectivity index (χ2n) is 7.47. The van der Waals surface area contributed by atoms with Gasteiger partial charge >= 0.3 is 0 Å². The van der Waals surface area contributed by atoms with Crippen molar-refractivity contribution in [3.63, 3.8) is 0 Å². The molecular formula is C23H21ClFN3O3S. The third-order valence-electron chi connectivity index (χ3n) is 4.68. The molecular weight excluding hydrogens is 453 g/mol. The van der Waals surface area contributed by atoms with Gasteiger partial charge in [-0.3, -0.25) is 4.79 Å². The largest absolute Gasteiger partial charge is 0.493 e. The van der Waals surface area contributed by atoms with Crippen LogP contribution in [0.1, 0.15) is 35.0 Å². The summed E-state index contributed by atoms with van der Waals surface area (Å²) in [4.78, 5) is 20.7. The van der Waals surface area contributed by atoms with Crippen LogP contribution in [-0.2, 0) is 0 Å². The molecule has 3 aromatic rings. The Morgan fingerprint density at radius 3 is 2.94 bits per heavy atom. The quantitative estimate of drug-likeness (QED) is 0.401. The van der Waals surface area contributed by atoms with Crippen LogP contribution in [0.25, 0.3) is 6.08 Å². The Morgan fingerprint density at radius 1 is 1.34 bits per heavy atom. The number of rotatable bonds is 9. The Morgan fingerprint density at radius 2 is 2.19 bits per heavy atom. The molecule has 32 heavy (non-hydrogen) atoms. The van der Waals surface area contributed by atoms with Crippen LogP contribution in [0.5, 0.6) is 16.7 Å². The van der Waals surface area contributed by atoms with Gasteiger partial charge in [-0.1, -0.05) is 29.0 Å². The van der Waals surface area contributed by atoms with Crippen molar-refractivity contribution < 1.29 is 18.7 Å². The Kier molecular flexibility index (Phi) is 7.02. The molecule has 2 aromatic heterocycles. The van der Waals surface area contributed by atoms with Gasteiger partial charge in [0.2, 0.25) is 5.95 Å². The molecule has 2 heterocycles. The van der Waals surface area contributed by atoms with Crippen molar-refractivity contribution in [1.29, 1.82) is 0 Å². The minimum absolute atomic E-state index is 0.215. The van der Waals surface area contributed by atoms with Crippen molar-refractivity contribution >= 4 is 34.9 Å². The average Bonchev–Trinajstić information content (AvgIpc) is 3.50. The summed E-state index contributed by atoms with van der Waals surface area (Å²) in [5, 5.41) is 3.68. The summed E-state index contributed by atoms with van der Waals surface area (Å²) >= 11 is 7.66. The zero-order valence-electron chi connectivity index (χ0n) is 17.3. The summed E-state index contributed by atoms with van der Waals surface area (Å²) in [5.74, 6) is 0.818. The molecule has 1 atom stereocenters. The van der Waals surface area contributed by atoms with Gasteiger partial charge in [0.1, 0.15) is 11.5 Å². The normalized spacial score (nSPS) is 14.3. The molecule has 0 saturated heterocycles. The summed E-state index contributed by atoms with van der Waals surface area (Å²) < 4.78 is 24.7. The molecule has 1 fully saturated rings. The zero-order valence-corrected chi connectivity index (χ0v) is 18.8. The Labute approximate surface area is 194 Å². The predicted octanol–water partition coefficient (Wildman–Crippen LogP) is 5.74. The van der Waals surface area contributed by atoms with Crippen LogP contribution in [0.4, 0.5) is 4.39 Å². The van der Waals surface area contributed by atoms with Gasteiger partial charge in [0.05, 0.1) is 16.5 Å². The minimum Gasteiger partial charge on any atom is -0.493 e. The topological polar surface area (TPSA) is 73.3 Å². The smallest absolute Gasteiger partial charge is 0.279 e. The van der Waals surface area contributed by atoms with Crippen molar-refractivity contribution in [3.8, 4) is 16.7 Å². The molecule has 1 amide bonds. The van der Waals surface area contributed by atoms with E-state index in [0.29, 0.717) is 21.9 Å². The van der Waals surface area contributed by atoms with E-state index in [4.69, 9.17) is 21.1 Å². The number of amides is 1. The summed E-state index contributed by atoms with van der Waals surface area (Å²) in [5.41, 5.74) is 0.215. The number of hydrogen-bond donors (Lipinski definition) is 1. The van der Waals surface area contributed by atoms with Crippen molar-refractivity contribution in [2.45, 2.75) is 25.8 Å². The number of carbonyl (C=O) groups is 1. The molecule has 6 nitrogen and oxygen atoms in total. The number of hydrogen-bond acceptors (Lipinski definition) is 6. The first-order valence-electron chi connectivity index (χ1n) is 10.1. The maximum Gasteiger partial charge on any atom is 0.279 e. The Hall–Kier alpha value is -2.97. The van der Waals surface area contributed by atoms with Crippen LogP contribution in [0.3, 0.4) is 0 Å². The molecule has 4 rings (SSSR count). The van der Waals surface area contributed by atoms with Crippen molar-refractivity contribution in [3.05, 3.63) is 70.2 Å². The fourth-order valence-electron chi connectivity index (χ4n) is 2.76. The molecule has 1 aliphatic rings. The number of benzene rings is 1. The minimum atomic E-state index is -0.696. The summed E-state index contributed by atoms with van der Waals surface area (Å²) in [6.07, 6.45) is 9.02. The molecule has 0 spiro atoms. The van der Waals surface area contributed by atoms with E-state index in [1.165, 1.54) is 36.4 Å². The lowest BCUT2D eigenvalue weighted by Gasteiger charge is -2.09. The molecule has 0 bridgehead atoms. The number of ether oxygens (including phenoxy) is 2. The maximum absolute atomic E-state index is 13.2. The first-order valence-corrected chi connectivity index (χ1v) is 11.3. The van der Waals surface area contributed by atoms with E-state index in [1.807, 2.05) is 25.1 Å². The molecule has 1 aromatic carbocycles. The fraction of sp³-hybridized carbons (Fsp3) is 0.261. The van der Waals surface area contributed by atoms with E-state index >= 15 is 0 Å². The lowest BCUT2D eigenvalue weighted by molar-refractivity contribution is 0.0946. The lowest BCUT2D eigenvalue weighted by Crippen LogP contribution is -2.31. The standard InChI is InChI=1S/C23H21ClFN3O3S/c1-14(28-22(29)16-8-9-26-21(25)10-16)2-6-18-12-27-23(32-18)31-20-7-5-17(11-19(20)24)30-13-15-3-4-15/h2,5-12,14-15H,3-4,13H2,1H3,(H,28,29)/b6-2+/t14-/m0/s1. The molecule has 0 radical (unpaired) electrons. The number of pyridine rings is 1. The van der Waals surface area contributed by atoms with Gasteiger partial charge in [-0.15, -0.1) is 0 Å². The van der Waals surface area contributed by atoms with Crippen LogP contribution >= 0.6 is 22.9 Å². The zero-order chi connectivity index (χ0) is 22.5. The number of aromatic nitrogens is 2. The van der Waals surface area contributed by atoms with Crippen LogP contribution in [0.15, 0.2) is 48.8 Å². The van der Waals surface area contributed by atoms with Crippen LogP contribution in [-0.4, -0.2) is 28.5 Å². The van der Waals surface area contributed by atoms with Crippen LogP contribution in [0, 0.1) is 11.9 Å². The fourth-order valence-corrected chi connectivity index (χ4v) is 3.66. The molecule has 9 heteroatoms. The van der Waals surface area contributed by atoms with E-state index in [-0.39, 0.29) is 17.5 Å². The number of halogens is 2. The summed E-state index contributed by atoms with van der Waals surface area (Å²) in [6.45, 7) is 2.54. The molecule has 166 valence electrons. The van der Waals surface area contributed by atoms with Gasteiger partial charge in [0.25, 0.3) is 11.1 Å². The first-order chi connectivity index (χ1) is 15.5. The lowest BCUT2D eigenvalue weighted by atomic mass is 10.2. The third kappa shape index (κ3) is 6.27. The highest BCUT2D eigenvalue weighted by molar-refractivity contribution is 7.14. The van der Waals surface area contributed by atoms with Crippen LogP contribution < -0.4 is 14.8 Å². The molecule has 0 unspecified atom stereocenters. The highest BCUT2D eigenvalue weighted by Crippen LogP contribution is 2.35. The highest BCUT2D eigenvalue weighted by Gasteiger charge is 2.22. The van der Waals surface area contributed by atoms with E-state index in [0.717, 1.165) is 23.3 Å². The van der Waals surface area contributed by atoms with Gasteiger partial charge in [-0.05, 0) is 50.0 Å². The van der Waals surface area contributed by atoms with E-state index in [9.17, 15) is 9.18 Å². The second-order valence-corrected chi connectivity index (χ2v) is 8.90. The van der Waals surface area contributed by atoms with Crippen molar-refractivity contribution in [2.24, 2.45) is 5.92 Å². The summed E-state index contributed by atoms with van der Waals surface area (Å²) in [6, 6.07) is 7.61. The van der Waals surface area contributed by atoms with E-state index in [1.54, 1.807) is 18.3 Å². The maximum atomic E-state index is 13.2. The Balaban J connectivity index is 1.31. The average molecular weight is 474 g/mol. The van der Waals surface area contributed by atoms with Gasteiger partial charge in [-0.2, -0.15) is 4.39 Å². The van der Waals surface area contributed by atoms with Crippen LogP contribution in [0.2, 0.25) is 5.02 Å². The number of carbonyl (C=O) groups excluding carboxylic acids is 1. The number of thiazole rings is 1. The molecule has 1 aliphatic carbocycles.